The molecule has 1 N–H and O–H groups in total. The second kappa shape index (κ2) is 7.77. The minimum Gasteiger partial charge on any atom is -0.462 e. The summed E-state index contributed by atoms with van der Waals surface area (Å²) in [6.07, 6.45) is 2.48. The monoisotopic (exact) mass is 313 g/mol. The van der Waals surface area contributed by atoms with Gasteiger partial charge in [-0.15, -0.1) is 0 Å². The van der Waals surface area contributed by atoms with Crippen LogP contribution in [0, 0.1) is 5.92 Å². The Hall–Kier alpha value is -2.12. The Labute approximate surface area is 127 Å². The van der Waals surface area contributed by atoms with E-state index in [0.717, 1.165) is 32.1 Å². The maximum absolute atomic E-state index is 11.7. The van der Waals surface area contributed by atoms with E-state index >= 15 is 0 Å². The van der Waals surface area contributed by atoms with Crippen molar-refractivity contribution in [2.45, 2.75) is 44.6 Å². The lowest BCUT2D eigenvalue weighted by molar-refractivity contribution is -0.151. The highest BCUT2D eigenvalue weighted by Crippen LogP contribution is 2.24. The predicted molar refractivity (Wildman–Crippen MR) is 71.5 cm³/mol. The van der Waals surface area contributed by atoms with Crippen LogP contribution in [0.2, 0.25) is 0 Å². The molecular weight excluding hydrogens is 294 g/mol. The van der Waals surface area contributed by atoms with E-state index in [2.05, 4.69) is 4.74 Å². The van der Waals surface area contributed by atoms with E-state index in [4.69, 9.17) is 9.47 Å². The Morgan fingerprint density at radius 3 is 2.36 bits per heavy atom. The topological polar surface area (TPSA) is 108 Å². The molecule has 1 atom stereocenters. The number of rotatable bonds is 5. The summed E-state index contributed by atoms with van der Waals surface area (Å²) in [7, 11) is 0. The Morgan fingerprint density at radius 2 is 1.73 bits per heavy atom. The molecule has 22 heavy (non-hydrogen) atoms. The van der Waals surface area contributed by atoms with Crippen molar-refractivity contribution in [3.63, 3.8) is 0 Å². The fraction of sp³-hybridized carbons (Fsp3) is 0.714. The third-order valence-electron chi connectivity index (χ3n) is 3.65. The van der Waals surface area contributed by atoms with Crippen molar-refractivity contribution < 1.29 is 33.4 Å². The smallest absolute Gasteiger partial charge is 0.462 e. The zero-order valence-electron chi connectivity index (χ0n) is 12.2. The van der Waals surface area contributed by atoms with Crippen molar-refractivity contribution in [1.82, 2.24) is 5.32 Å². The van der Waals surface area contributed by atoms with Crippen molar-refractivity contribution in [2.75, 3.05) is 13.2 Å². The van der Waals surface area contributed by atoms with Crippen molar-refractivity contribution in [3.8, 4) is 0 Å². The number of ether oxygens (including phenoxy) is 3. The summed E-state index contributed by atoms with van der Waals surface area (Å²) in [5.74, 6) is -1.48. The van der Waals surface area contributed by atoms with Gasteiger partial charge in [-0.1, -0.05) is 19.3 Å². The summed E-state index contributed by atoms with van der Waals surface area (Å²) in [5, 5.41) is 2.01. The molecule has 0 bridgehead atoms. The van der Waals surface area contributed by atoms with Gasteiger partial charge in [0.2, 0.25) is 5.91 Å². The number of esters is 1. The second-order valence-electron chi connectivity index (χ2n) is 5.32. The zero-order chi connectivity index (χ0) is 15.9. The Bertz CT molecular complexity index is 456. The van der Waals surface area contributed by atoms with Gasteiger partial charge in [0.1, 0.15) is 13.2 Å². The molecule has 0 aromatic carbocycles. The third-order valence-corrected chi connectivity index (χ3v) is 3.65. The van der Waals surface area contributed by atoms with Crippen LogP contribution in [0.1, 0.15) is 38.5 Å². The van der Waals surface area contributed by atoms with Crippen LogP contribution in [0.25, 0.3) is 0 Å². The van der Waals surface area contributed by atoms with Crippen LogP contribution in [-0.4, -0.2) is 43.3 Å². The zero-order valence-corrected chi connectivity index (χ0v) is 12.2. The summed E-state index contributed by atoms with van der Waals surface area (Å²) >= 11 is 0. The van der Waals surface area contributed by atoms with Crippen LogP contribution >= 0.6 is 0 Å². The number of nitrogens with one attached hydrogen (secondary N) is 1. The number of hydrogen-bond acceptors (Lipinski definition) is 7. The Kier molecular flexibility index (Phi) is 5.74. The molecule has 0 aromatic rings. The first-order chi connectivity index (χ1) is 10.6. The first-order valence-electron chi connectivity index (χ1n) is 7.40. The highest BCUT2D eigenvalue weighted by Gasteiger charge is 2.34. The molecular formula is C14H19NO7. The van der Waals surface area contributed by atoms with Crippen LogP contribution < -0.4 is 5.32 Å². The van der Waals surface area contributed by atoms with Gasteiger partial charge in [0.05, 0.1) is 12.3 Å². The van der Waals surface area contributed by atoms with Gasteiger partial charge in [-0.2, -0.15) is 0 Å². The molecule has 0 aromatic heterocycles. The highest BCUT2D eigenvalue weighted by atomic mass is 16.7. The van der Waals surface area contributed by atoms with Crippen LogP contribution in [0.3, 0.4) is 0 Å². The summed E-state index contributed by atoms with van der Waals surface area (Å²) < 4.78 is 14.4. The molecule has 2 aliphatic rings. The number of carbonyl (C=O) groups excluding carboxylic acids is 4. The van der Waals surface area contributed by atoms with E-state index in [1.165, 1.54) is 0 Å². The largest absolute Gasteiger partial charge is 0.509 e. The first-order valence-corrected chi connectivity index (χ1v) is 7.40. The fourth-order valence-corrected chi connectivity index (χ4v) is 2.50. The minimum absolute atomic E-state index is 0.0553. The van der Waals surface area contributed by atoms with E-state index in [-0.39, 0.29) is 31.5 Å². The summed E-state index contributed by atoms with van der Waals surface area (Å²) in [5.41, 5.74) is 0. The van der Waals surface area contributed by atoms with Gasteiger partial charge in [0.15, 0.2) is 6.10 Å². The Balaban J connectivity index is 1.58. The quantitative estimate of drug-likeness (QED) is 0.451. The molecule has 2 fully saturated rings. The van der Waals surface area contributed by atoms with Gasteiger partial charge >= 0.3 is 12.1 Å². The average molecular weight is 313 g/mol. The average Bonchev–Trinajstić information content (AvgIpc) is 2.82. The van der Waals surface area contributed by atoms with E-state index in [1.54, 1.807) is 0 Å². The van der Waals surface area contributed by atoms with Crippen molar-refractivity contribution in [2.24, 2.45) is 5.92 Å². The number of hydrogen-bond donors (Lipinski definition) is 1. The minimum atomic E-state index is -1.15. The van der Waals surface area contributed by atoms with Crippen molar-refractivity contribution >= 4 is 23.9 Å². The van der Waals surface area contributed by atoms with E-state index in [1.807, 2.05) is 5.32 Å². The fourth-order valence-electron chi connectivity index (χ4n) is 2.50. The molecule has 2 rings (SSSR count). The van der Waals surface area contributed by atoms with Crippen molar-refractivity contribution in [1.29, 1.82) is 0 Å². The van der Waals surface area contributed by atoms with Gasteiger partial charge in [0, 0.05) is 0 Å². The normalized spacial score (nSPS) is 22.1. The maximum atomic E-state index is 11.7. The molecule has 0 radical (unpaired) electrons. The molecule has 1 heterocycles. The summed E-state index contributed by atoms with van der Waals surface area (Å²) in [6.45, 7) is -0.209. The molecule has 1 saturated carbocycles. The first kappa shape index (κ1) is 16.3. The molecule has 8 nitrogen and oxygen atoms in total. The number of imide groups is 1. The van der Waals surface area contributed by atoms with Gasteiger partial charge in [-0.05, 0) is 12.8 Å². The lowest BCUT2D eigenvalue weighted by Gasteiger charge is -2.19. The van der Waals surface area contributed by atoms with Gasteiger partial charge in [-0.3, -0.25) is 19.7 Å². The lowest BCUT2D eigenvalue weighted by Crippen LogP contribution is -2.29. The third kappa shape index (κ3) is 4.71. The van der Waals surface area contributed by atoms with Crippen LogP contribution in [-0.2, 0) is 28.6 Å². The molecule has 1 aliphatic heterocycles. The maximum Gasteiger partial charge on any atom is 0.509 e. The molecule has 1 saturated heterocycles. The molecule has 8 heteroatoms. The van der Waals surface area contributed by atoms with Crippen molar-refractivity contribution in [3.05, 3.63) is 0 Å². The molecule has 2 amide bonds. The molecule has 1 unspecified atom stereocenters. The highest BCUT2D eigenvalue weighted by molar-refractivity contribution is 6.05. The molecule has 122 valence electrons. The standard InChI is InChI=1S/C14H19NO7/c16-11-8-10(12(17)15-11)22-14(19)21-7-6-20-13(18)9-4-2-1-3-5-9/h9-10H,1-8H2,(H,15,16,17). The number of carbonyl (C=O) groups is 4. The molecule has 0 spiro atoms. The van der Waals surface area contributed by atoms with Gasteiger partial charge in [-0.25, -0.2) is 4.79 Å². The van der Waals surface area contributed by atoms with Gasteiger partial charge in [0.25, 0.3) is 5.91 Å². The predicted octanol–water partition coefficient (Wildman–Crippen LogP) is 0.678. The Morgan fingerprint density at radius 1 is 1.05 bits per heavy atom. The summed E-state index contributed by atoms with van der Waals surface area (Å²) in [4.78, 5) is 45.1. The van der Waals surface area contributed by atoms with E-state index < -0.39 is 24.1 Å². The second-order valence-corrected chi connectivity index (χ2v) is 5.32. The SMILES string of the molecule is O=C1CC(OC(=O)OCCOC(=O)C2CCCCC2)C(=O)N1. The van der Waals surface area contributed by atoms with Gasteiger partial charge < -0.3 is 14.2 Å². The van der Waals surface area contributed by atoms with E-state index in [0.29, 0.717) is 0 Å². The number of amides is 2. The summed E-state index contributed by atoms with van der Waals surface area (Å²) in [6, 6.07) is 0. The molecule has 1 aliphatic carbocycles. The lowest BCUT2D eigenvalue weighted by atomic mass is 9.89. The van der Waals surface area contributed by atoms with Crippen LogP contribution in [0.4, 0.5) is 4.79 Å². The van der Waals surface area contributed by atoms with Crippen LogP contribution in [0.15, 0.2) is 0 Å². The van der Waals surface area contributed by atoms with Crippen LogP contribution in [0.5, 0.6) is 0 Å². The van der Waals surface area contributed by atoms with E-state index in [9.17, 15) is 19.2 Å².